The number of hydrogen-bond donors (Lipinski definition) is 1. The van der Waals surface area contributed by atoms with E-state index >= 15 is 0 Å². The summed E-state index contributed by atoms with van der Waals surface area (Å²) < 4.78 is 18.1. The Morgan fingerprint density at radius 1 is 1.33 bits per heavy atom. The molecule has 1 heterocycles. The molecule has 1 fully saturated rings. The van der Waals surface area contributed by atoms with Gasteiger partial charge in [0.2, 0.25) is 0 Å². The molecule has 1 saturated heterocycles. The van der Waals surface area contributed by atoms with Crippen molar-refractivity contribution in [1.29, 1.82) is 0 Å². The van der Waals surface area contributed by atoms with Crippen molar-refractivity contribution in [2.45, 2.75) is 25.4 Å². The van der Waals surface area contributed by atoms with Crippen molar-refractivity contribution in [3.05, 3.63) is 30.1 Å². The summed E-state index contributed by atoms with van der Waals surface area (Å²) in [4.78, 5) is 0. The Labute approximate surface area is 89.4 Å². The fraction of sp³-hybridized carbons (Fsp3) is 0.500. The van der Waals surface area contributed by atoms with Crippen LogP contribution in [0.25, 0.3) is 0 Å². The predicted octanol–water partition coefficient (Wildman–Crippen LogP) is 2.81. The van der Waals surface area contributed by atoms with E-state index in [0.717, 1.165) is 25.3 Å². The summed E-state index contributed by atoms with van der Waals surface area (Å²) in [5, 5.41) is 3.25. The second-order valence-electron chi connectivity index (χ2n) is 3.86. The molecule has 1 aliphatic rings. The van der Waals surface area contributed by atoms with Crippen LogP contribution in [0.1, 0.15) is 19.3 Å². The maximum atomic E-state index is 12.6. The molecule has 0 aliphatic carbocycles. The van der Waals surface area contributed by atoms with Gasteiger partial charge in [0.15, 0.2) is 0 Å². The van der Waals surface area contributed by atoms with E-state index in [1.165, 1.54) is 25.0 Å². The van der Waals surface area contributed by atoms with E-state index in [1.807, 2.05) is 0 Å². The lowest BCUT2D eigenvalue weighted by Gasteiger charge is -2.10. The molecule has 0 bridgehead atoms. The number of halogens is 1. The lowest BCUT2D eigenvalue weighted by Crippen LogP contribution is -2.12. The molecule has 0 amide bonds. The van der Waals surface area contributed by atoms with Crippen LogP contribution in [0.4, 0.5) is 10.1 Å². The van der Waals surface area contributed by atoms with E-state index in [9.17, 15) is 4.39 Å². The maximum absolute atomic E-state index is 12.6. The number of nitrogens with one attached hydrogen (secondary N) is 1. The van der Waals surface area contributed by atoms with Gasteiger partial charge in [-0.1, -0.05) is 0 Å². The standard InChI is InChI=1S/C12H16FNO/c13-10-3-5-11(6-4-10)14-8-7-12-2-1-9-15-12/h3-6,12,14H,1-2,7-9H2. The molecule has 1 N–H and O–H groups in total. The van der Waals surface area contributed by atoms with Crippen LogP contribution in [0.2, 0.25) is 0 Å². The molecule has 82 valence electrons. The van der Waals surface area contributed by atoms with Crippen molar-refractivity contribution >= 4 is 5.69 Å². The number of hydrogen-bond acceptors (Lipinski definition) is 2. The zero-order valence-electron chi connectivity index (χ0n) is 8.71. The summed E-state index contributed by atoms with van der Waals surface area (Å²) in [6.07, 6.45) is 3.79. The smallest absolute Gasteiger partial charge is 0.123 e. The third-order valence-corrected chi connectivity index (χ3v) is 2.66. The summed E-state index contributed by atoms with van der Waals surface area (Å²) in [7, 11) is 0. The van der Waals surface area contributed by atoms with Crippen LogP contribution in [0.3, 0.4) is 0 Å². The number of benzene rings is 1. The fourth-order valence-electron chi connectivity index (χ4n) is 1.82. The minimum atomic E-state index is -0.195. The lowest BCUT2D eigenvalue weighted by molar-refractivity contribution is 0.107. The molecule has 1 aliphatic heterocycles. The van der Waals surface area contributed by atoms with E-state index in [0.29, 0.717) is 6.10 Å². The minimum Gasteiger partial charge on any atom is -0.385 e. The van der Waals surface area contributed by atoms with Gasteiger partial charge < -0.3 is 10.1 Å². The summed E-state index contributed by atoms with van der Waals surface area (Å²) in [6, 6.07) is 6.44. The highest BCUT2D eigenvalue weighted by Crippen LogP contribution is 2.15. The Morgan fingerprint density at radius 3 is 2.80 bits per heavy atom. The van der Waals surface area contributed by atoms with Crippen LogP contribution in [-0.4, -0.2) is 19.3 Å². The van der Waals surface area contributed by atoms with Crippen molar-refractivity contribution in [2.24, 2.45) is 0 Å². The van der Waals surface area contributed by atoms with Gasteiger partial charge >= 0.3 is 0 Å². The highest BCUT2D eigenvalue weighted by Gasteiger charge is 2.14. The largest absolute Gasteiger partial charge is 0.385 e. The molecule has 1 unspecified atom stereocenters. The molecule has 0 spiro atoms. The molecular weight excluding hydrogens is 193 g/mol. The van der Waals surface area contributed by atoms with Gasteiger partial charge in [-0.05, 0) is 43.5 Å². The Hall–Kier alpha value is -1.09. The maximum Gasteiger partial charge on any atom is 0.123 e. The molecule has 1 aromatic rings. The summed E-state index contributed by atoms with van der Waals surface area (Å²) in [6.45, 7) is 1.79. The molecule has 1 aromatic carbocycles. The van der Waals surface area contributed by atoms with Gasteiger partial charge in [-0.3, -0.25) is 0 Å². The first-order chi connectivity index (χ1) is 7.34. The van der Waals surface area contributed by atoms with Crippen LogP contribution < -0.4 is 5.32 Å². The van der Waals surface area contributed by atoms with Crippen LogP contribution in [0.5, 0.6) is 0 Å². The first-order valence-corrected chi connectivity index (χ1v) is 5.45. The minimum absolute atomic E-state index is 0.195. The predicted molar refractivity (Wildman–Crippen MR) is 58.5 cm³/mol. The fourth-order valence-corrected chi connectivity index (χ4v) is 1.82. The molecule has 3 heteroatoms. The first kappa shape index (κ1) is 10.4. The lowest BCUT2D eigenvalue weighted by atomic mass is 10.2. The van der Waals surface area contributed by atoms with Gasteiger partial charge in [-0.2, -0.15) is 0 Å². The molecule has 0 aromatic heterocycles. The summed E-state index contributed by atoms with van der Waals surface area (Å²) in [5.41, 5.74) is 0.967. The van der Waals surface area contributed by atoms with Crippen molar-refractivity contribution in [2.75, 3.05) is 18.5 Å². The summed E-state index contributed by atoms with van der Waals surface area (Å²) >= 11 is 0. The average Bonchev–Trinajstić information content (AvgIpc) is 2.74. The van der Waals surface area contributed by atoms with Crippen LogP contribution in [0, 0.1) is 5.82 Å². The van der Waals surface area contributed by atoms with Gasteiger partial charge in [-0.25, -0.2) is 4.39 Å². The van der Waals surface area contributed by atoms with Gasteiger partial charge in [0, 0.05) is 18.8 Å². The van der Waals surface area contributed by atoms with E-state index in [-0.39, 0.29) is 5.82 Å². The highest BCUT2D eigenvalue weighted by atomic mass is 19.1. The van der Waals surface area contributed by atoms with E-state index in [4.69, 9.17) is 4.74 Å². The second-order valence-corrected chi connectivity index (χ2v) is 3.86. The number of anilines is 1. The SMILES string of the molecule is Fc1ccc(NCCC2CCCO2)cc1. The van der Waals surface area contributed by atoms with Gasteiger partial charge in [-0.15, -0.1) is 0 Å². The van der Waals surface area contributed by atoms with Crippen LogP contribution in [-0.2, 0) is 4.74 Å². The van der Waals surface area contributed by atoms with Gasteiger partial charge in [0.25, 0.3) is 0 Å². The third kappa shape index (κ3) is 3.20. The molecule has 0 saturated carbocycles. The average molecular weight is 209 g/mol. The molecule has 0 radical (unpaired) electrons. The normalized spacial score (nSPS) is 20.5. The van der Waals surface area contributed by atoms with Crippen LogP contribution in [0.15, 0.2) is 24.3 Å². The first-order valence-electron chi connectivity index (χ1n) is 5.45. The molecule has 1 atom stereocenters. The number of ether oxygens (including phenoxy) is 1. The Balaban J connectivity index is 1.71. The quantitative estimate of drug-likeness (QED) is 0.823. The summed E-state index contributed by atoms with van der Waals surface area (Å²) in [5.74, 6) is -0.195. The van der Waals surface area contributed by atoms with E-state index in [1.54, 1.807) is 12.1 Å². The number of rotatable bonds is 4. The van der Waals surface area contributed by atoms with Crippen LogP contribution >= 0.6 is 0 Å². The Bertz CT molecular complexity index is 293. The zero-order chi connectivity index (χ0) is 10.5. The zero-order valence-corrected chi connectivity index (χ0v) is 8.71. The molecular formula is C12H16FNO. The second kappa shape index (κ2) is 5.12. The van der Waals surface area contributed by atoms with Crippen molar-refractivity contribution < 1.29 is 9.13 Å². The Morgan fingerprint density at radius 2 is 2.13 bits per heavy atom. The third-order valence-electron chi connectivity index (χ3n) is 2.66. The van der Waals surface area contributed by atoms with Crippen molar-refractivity contribution in [3.63, 3.8) is 0 Å². The van der Waals surface area contributed by atoms with E-state index < -0.39 is 0 Å². The molecule has 15 heavy (non-hydrogen) atoms. The van der Waals surface area contributed by atoms with Crippen molar-refractivity contribution in [3.8, 4) is 0 Å². The molecule has 2 rings (SSSR count). The Kier molecular flexibility index (Phi) is 3.56. The monoisotopic (exact) mass is 209 g/mol. The van der Waals surface area contributed by atoms with Gasteiger partial charge in [0.05, 0.1) is 6.10 Å². The van der Waals surface area contributed by atoms with Gasteiger partial charge in [0.1, 0.15) is 5.82 Å². The topological polar surface area (TPSA) is 21.3 Å². The van der Waals surface area contributed by atoms with E-state index in [2.05, 4.69) is 5.32 Å². The highest BCUT2D eigenvalue weighted by molar-refractivity contribution is 5.42. The van der Waals surface area contributed by atoms with Crippen molar-refractivity contribution in [1.82, 2.24) is 0 Å². The molecule has 2 nitrogen and oxygen atoms in total.